The second-order valence-corrected chi connectivity index (χ2v) is 3.70. The lowest BCUT2D eigenvalue weighted by Crippen LogP contribution is -2.24. The molecule has 0 radical (unpaired) electrons. The molecule has 0 aliphatic carbocycles. The molecule has 4 nitrogen and oxygen atoms in total. The summed E-state index contributed by atoms with van der Waals surface area (Å²) in [6.07, 6.45) is 1.28. The molecule has 1 aromatic rings. The SMILES string of the molecule is Cc1ccc(C)n1C[C@H](CO)OC1=CO1. The summed E-state index contributed by atoms with van der Waals surface area (Å²) >= 11 is 0. The molecule has 0 saturated carbocycles. The van der Waals surface area contributed by atoms with Crippen LogP contribution in [0.5, 0.6) is 0 Å². The Morgan fingerprint density at radius 3 is 2.47 bits per heavy atom. The summed E-state index contributed by atoms with van der Waals surface area (Å²) in [4.78, 5) is 0. The fourth-order valence-corrected chi connectivity index (χ4v) is 1.57. The first-order valence-corrected chi connectivity index (χ1v) is 4.98. The molecule has 0 amide bonds. The van der Waals surface area contributed by atoms with Crippen LogP contribution in [0.2, 0.25) is 0 Å². The molecule has 1 atom stereocenters. The zero-order chi connectivity index (χ0) is 10.8. The Labute approximate surface area is 88.7 Å². The van der Waals surface area contributed by atoms with Gasteiger partial charge in [-0.2, -0.15) is 0 Å². The fourth-order valence-electron chi connectivity index (χ4n) is 1.57. The molecule has 0 saturated heterocycles. The van der Waals surface area contributed by atoms with Gasteiger partial charge in [0, 0.05) is 11.4 Å². The van der Waals surface area contributed by atoms with Crippen LogP contribution in [-0.4, -0.2) is 22.4 Å². The van der Waals surface area contributed by atoms with E-state index < -0.39 is 0 Å². The summed E-state index contributed by atoms with van der Waals surface area (Å²) < 4.78 is 12.2. The number of hydrogen-bond donors (Lipinski definition) is 1. The smallest absolute Gasteiger partial charge is 0.321 e. The maximum atomic E-state index is 9.16. The topological polar surface area (TPSA) is 46.9 Å². The highest BCUT2D eigenvalue weighted by molar-refractivity contribution is 5.13. The van der Waals surface area contributed by atoms with Gasteiger partial charge in [0.1, 0.15) is 6.10 Å². The van der Waals surface area contributed by atoms with Gasteiger partial charge in [-0.05, 0) is 26.0 Å². The Morgan fingerprint density at radius 1 is 1.40 bits per heavy atom. The van der Waals surface area contributed by atoms with E-state index in [0.29, 0.717) is 12.5 Å². The highest BCUT2D eigenvalue weighted by atomic mass is 16.7. The summed E-state index contributed by atoms with van der Waals surface area (Å²) in [5.41, 5.74) is 2.33. The molecule has 0 spiro atoms. The predicted octanol–water partition coefficient (Wildman–Crippen LogP) is 1.31. The number of aliphatic hydroxyl groups is 1. The van der Waals surface area contributed by atoms with Crippen molar-refractivity contribution in [2.75, 3.05) is 6.61 Å². The number of aryl methyl sites for hydroxylation is 2. The quantitative estimate of drug-likeness (QED) is 0.795. The number of hydrogen-bond acceptors (Lipinski definition) is 3. The van der Waals surface area contributed by atoms with E-state index in [1.807, 2.05) is 13.8 Å². The number of aromatic nitrogens is 1. The molecule has 0 fully saturated rings. The van der Waals surface area contributed by atoms with Gasteiger partial charge >= 0.3 is 5.95 Å². The van der Waals surface area contributed by atoms with Crippen molar-refractivity contribution in [1.29, 1.82) is 0 Å². The molecule has 1 N–H and O–H groups in total. The number of nitrogens with zero attached hydrogens (tertiary/aromatic N) is 1. The van der Waals surface area contributed by atoms with E-state index in [4.69, 9.17) is 14.6 Å². The summed E-state index contributed by atoms with van der Waals surface area (Å²) in [6.45, 7) is 4.70. The molecule has 82 valence electrons. The minimum Gasteiger partial charge on any atom is -0.455 e. The van der Waals surface area contributed by atoms with Crippen molar-refractivity contribution >= 4 is 0 Å². The van der Waals surface area contributed by atoms with Gasteiger partial charge in [-0.15, -0.1) is 0 Å². The lowest BCUT2D eigenvalue weighted by molar-refractivity contribution is 0.0240. The number of ether oxygens (including phenoxy) is 2. The maximum absolute atomic E-state index is 9.16. The first kappa shape index (κ1) is 10.1. The molecule has 0 bridgehead atoms. The van der Waals surface area contributed by atoms with E-state index in [-0.39, 0.29) is 12.7 Å². The van der Waals surface area contributed by atoms with Crippen LogP contribution in [0.3, 0.4) is 0 Å². The molecule has 15 heavy (non-hydrogen) atoms. The second-order valence-electron chi connectivity index (χ2n) is 3.70. The average Bonchev–Trinajstić information content (AvgIpc) is 2.98. The molecule has 2 rings (SSSR count). The first-order chi connectivity index (χ1) is 7.20. The van der Waals surface area contributed by atoms with Crippen LogP contribution in [0.15, 0.2) is 24.3 Å². The van der Waals surface area contributed by atoms with E-state index in [2.05, 4.69) is 16.7 Å². The van der Waals surface area contributed by atoms with Gasteiger partial charge in [-0.1, -0.05) is 0 Å². The van der Waals surface area contributed by atoms with Gasteiger partial charge in [0.2, 0.25) is 0 Å². The Hall–Kier alpha value is -1.42. The third-order valence-corrected chi connectivity index (χ3v) is 2.50. The van der Waals surface area contributed by atoms with Crippen molar-refractivity contribution in [1.82, 2.24) is 4.57 Å². The Bertz CT molecular complexity index is 362. The third-order valence-electron chi connectivity index (χ3n) is 2.50. The minimum atomic E-state index is -0.247. The molecule has 1 aliphatic rings. The van der Waals surface area contributed by atoms with E-state index in [1.54, 1.807) is 0 Å². The zero-order valence-electron chi connectivity index (χ0n) is 8.93. The van der Waals surface area contributed by atoms with E-state index in [1.165, 1.54) is 17.6 Å². The van der Waals surface area contributed by atoms with Gasteiger partial charge in [0.25, 0.3) is 0 Å². The molecule has 1 aromatic heterocycles. The predicted molar refractivity (Wildman–Crippen MR) is 55.0 cm³/mol. The minimum absolute atomic E-state index is 0.0161. The zero-order valence-corrected chi connectivity index (χ0v) is 8.93. The summed E-state index contributed by atoms with van der Waals surface area (Å²) in [7, 11) is 0. The largest absolute Gasteiger partial charge is 0.455 e. The lowest BCUT2D eigenvalue weighted by Gasteiger charge is -2.17. The Kier molecular flexibility index (Phi) is 2.68. The van der Waals surface area contributed by atoms with Gasteiger partial charge < -0.3 is 19.1 Å². The van der Waals surface area contributed by atoms with Crippen LogP contribution in [0.25, 0.3) is 0 Å². The second kappa shape index (κ2) is 3.98. The van der Waals surface area contributed by atoms with Gasteiger partial charge in [0.15, 0.2) is 6.26 Å². The van der Waals surface area contributed by atoms with Crippen LogP contribution in [0.1, 0.15) is 11.4 Å². The van der Waals surface area contributed by atoms with Crippen molar-refractivity contribution in [2.24, 2.45) is 0 Å². The van der Waals surface area contributed by atoms with Crippen molar-refractivity contribution in [3.8, 4) is 0 Å². The highest BCUT2D eigenvalue weighted by Gasteiger charge is 2.19. The number of rotatable bonds is 5. The number of aliphatic hydroxyl groups excluding tert-OH is 1. The summed E-state index contributed by atoms with van der Waals surface area (Å²) in [5.74, 6) is 0.511. The Balaban J connectivity index is 2.01. The monoisotopic (exact) mass is 209 g/mol. The lowest BCUT2D eigenvalue weighted by atomic mass is 10.3. The van der Waals surface area contributed by atoms with Crippen molar-refractivity contribution < 1.29 is 14.6 Å². The van der Waals surface area contributed by atoms with Crippen LogP contribution in [-0.2, 0) is 16.0 Å². The molecule has 1 aliphatic heterocycles. The molecular formula is C11H15NO3. The van der Waals surface area contributed by atoms with E-state index in [9.17, 15) is 0 Å². The molecular weight excluding hydrogens is 194 g/mol. The summed E-state index contributed by atoms with van der Waals surface area (Å²) in [6, 6.07) is 4.10. The molecule has 2 heterocycles. The van der Waals surface area contributed by atoms with Crippen LogP contribution >= 0.6 is 0 Å². The van der Waals surface area contributed by atoms with Crippen molar-refractivity contribution in [3.63, 3.8) is 0 Å². The van der Waals surface area contributed by atoms with Gasteiger partial charge in [-0.25, -0.2) is 0 Å². The van der Waals surface area contributed by atoms with Crippen LogP contribution in [0, 0.1) is 13.8 Å². The van der Waals surface area contributed by atoms with Crippen LogP contribution in [0.4, 0.5) is 0 Å². The standard InChI is InChI=1S/C11H15NO3/c1-8-3-4-9(2)12(8)5-10(6-13)15-11-7-14-11/h3-4,7,10,13H,5-6H2,1-2H3/t10-/m1/s1. The molecule has 0 aromatic carbocycles. The van der Waals surface area contributed by atoms with Crippen molar-refractivity contribution in [2.45, 2.75) is 26.5 Å². The Morgan fingerprint density at radius 2 is 2.00 bits per heavy atom. The van der Waals surface area contributed by atoms with Gasteiger partial charge in [0.05, 0.1) is 13.2 Å². The van der Waals surface area contributed by atoms with E-state index in [0.717, 1.165) is 0 Å². The van der Waals surface area contributed by atoms with E-state index >= 15 is 0 Å². The fraction of sp³-hybridized carbons (Fsp3) is 0.455. The summed E-state index contributed by atoms with van der Waals surface area (Å²) in [5, 5.41) is 9.16. The van der Waals surface area contributed by atoms with Crippen LogP contribution < -0.4 is 0 Å². The first-order valence-electron chi connectivity index (χ1n) is 4.98. The average molecular weight is 209 g/mol. The molecule has 4 heteroatoms. The highest BCUT2D eigenvalue weighted by Crippen LogP contribution is 2.18. The van der Waals surface area contributed by atoms with Gasteiger partial charge in [-0.3, -0.25) is 0 Å². The molecule has 0 unspecified atom stereocenters. The maximum Gasteiger partial charge on any atom is 0.321 e. The normalized spacial score (nSPS) is 15.5. The third kappa shape index (κ3) is 2.33. The van der Waals surface area contributed by atoms with Crippen molar-refractivity contribution in [3.05, 3.63) is 35.7 Å².